The summed E-state index contributed by atoms with van der Waals surface area (Å²) in [4.78, 5) is 36.4. The number of hydrogen-bond donors (Lipinski definition) is 1. The lowest BCUT2D eigenvalue weighted by Gasteiger charge is -2.23. The molecule has 9 heteroatoms. The highest BCUT2D eigenvalue weighted by atomic mass is 16.7. The standard InChI is InChI=1S/C25H30N2O7/c1-15(2)21(26-23(28)16-6-8-19(9-7-16)25(3,4)5)24(29)33-13-18-11-20(27(30)31)10-17-12-32-14-34-22(17)18/h6-11,15,21H,12-14H2,1-5H3,(H,26,28). The molecule has 1 aliphatic heterocycles. The van der Waals surface area contributed by atoms with Gasteiger partial charge in [0.05, 0.1) is 11.5 Å². The zero-order valence-electron chi connectivity index (χ0n) is 20.0. The monoisotopic (exact) mass is 470 g/mol. The van der Waals surface area contributed by atoms with Gasteiger partial charge in [-0.15, -0.1) is 0 Å². The number of benzene rings is 2. The molecule has 1 atom stereocenters. The number of hydrogen-bond acceptors (Lipinski definition) is 7. The normalized spacial score (nSPS) is 14.1. The lowest BCUT2D eigenvalue weighted by Crippen LogP contribution is -2.45. The van der Waals surface area contributed by atoms with Crippen LogP contribution in [0.2, 0.25) is 0 Å². The van der Waals surface area contributed by atoms with E-state index in [1.54, 1.807) is 26.0 Å². The fourth-order valence-electron chi connectivity index (χ4n) is 3.58. The van der Waals surface area contributed by atoms with E-state index >= 15 is 0 Å². The zero-order valence-corrected chi connectivity index (χ0v) is 20.0. The van der Waals surface area contributed by atoms with Gasteiger partial charge in [-0.3, -0.25) is 14.9 Å². The summed E-state index contributed by atoms with van der Waals surface area (Å²) in [7, 11) is 0. The maximum Gasteiger partial charge on any atom is 0.329 e. The molecule has 0 aromatic heterocycles. The van der Waals surface area contributed by atoms with Crippen LogP contribution in [0.25, 0.3) is 0 Å². The summed E-state index contributed by atoms with van der Waals surface area (Å²) in [5, 5.41) is 14.0. The van der Waals surface area contributed by atoms with Crippen LogP contribution in [-0.2, 0) is 32.9 Å². The van der Waals surface area contributed by atoms with Gasteiger partial charge in [-0.05, 0) is 29.0 Å². The summed E-state index contributed by atoms with van der Waals surface area (Å²) >= 11 is 0. The summed E-state index contributed by atoms with van der Waals surface area (Å²) < 4.78 is 16.1. The molecule has 182 valence electrons. The average molecular weight is 471 g/mol. The third-order valence-electron chi connectivity index (χ3n) is 5.57. The summed E-state index contributed by atoms with van der Waals surface area (Å²) in [6.45, 7) is 9.79. The first-order valence-electron chi connectivity index (χ1n) is 11.1. The zero-order chi connectivity index (χ0) is 25.0. The number of fused-ring (bicyclic) bond motifs is 1. The van der Waals surface area contributed by atoms with Gasteiger partial charge in [-0.2, -0.15) is 0 Å². The summed E-state index contributed by atoms with van der Waals surface area (Å²) in [6, 6.07) is 9.05. The second-order valence-electron chi connectivity index (χ2n) is 9.59. The molecule has 0 bridgehead atoms. The maximum absolute atomic E-state index is 12.9. The molecule has 0 saturated carbocycles. The number of nitrogens with one attached hydrogen (secondary N) is 1. The van der Waals surface area contributed by atoms with Crippen molar-refractivity contribution in [3.8, 4) is 5.75 Å². The summed E-state index contributed by atoms with van der Waals surface area (Å²) in [5.74, 6) is -0.853. The Labute approximate surface area is 198 Å². The van der Waals surface area contributed by atoms with E-state index in [4.69, 9.17) is 14.2 Å². The largest absolute Gasteiger partial charge is 0.467 e. The summed E-state index contributed by atoms with van der Waals surface area (Å²) in [6.07, 6.45) is 0. The molecule has 1 aliphatic rings. The Morgan fingerprint density at radius 1 is 1.18 bits per heavy atom. The molecule has 34 heavy (non-hydrogen) atoms. The highest BCUT2D eigenvalue weighted by Crippen LogP contribution is 2.33. The van der Waals surface area contributed by atoms with Gasteiger partial charge in [0.2, 0.25) is 0 Å². The van der Waals surface area contributed by atoms with Gasteiger partial charge in [0.15, 0.2) is 6.79 Å². The molecule has 2 aromatic carbocycles. The Hall–Kier alpha value is -3.46. The van der Waals surface area contributed by atoms with Gasteiger partial charge in [-0.1, -0.05) is 46.8 Å². The molecule has 1 amide bonds. The first-order valence-corrected chi connectivity index (χ1v) is 11.1. The molecule has 0 spiro atoms. The number of carbonyl (C=O) groups excluding carboxylic acids is 2. The highest BCUT2D eigenvalue weighted by molar-refractivity contribution is 5.96. The Bertz CT molecular complexity index is 1070. The van der Waals surface area contributed by atoms with Crippen LogP contribution in [0.3, 0.4) is 0 Å². The van der Waals surface area contributed by atoms with Crippen LogP contribution in [0.4, 0.5) is 5.69 Å². The van der Waals surface area contributed by atoms with E-state index in [-0.39, 0.29) is 42.9 Å². The van der Waals surface area contributed by atoms with Crippen molar-refractivity contribution >= 4 is 17.6 Å². The smallest absolute Gasteiger partial charge is 0.329 e. The van der Waals surface area contributed by atoms with Crippen LogP contribution in [0.5, 0.6) is 5.75 Å². The lowest BCUT2D eigenvalue weighted by atomic mass is 9.86. The minimum absolute atomic E-state index is 0.00440. The van der Waals surface area contributed by atoms with Crippen LogP contribution in [0.15, 0.2) is 36.4 Å². The molecule has 0 radical (unpaired) electrons. The number of nitro benzene ring substituents is 1. The van der Waals surface area contributed by atoms with Crippen molar-refractivity contribution in [1.82, 2.24) is 5.32 Å². The highest BCUT2D eigenvalue weighted by Gasteiger charge is 2.28. The van der Waals surface area contributed by atoms with Crippen LogP contribution in [0, 0.1) is 16.0 Å². The molecule has 3 rings (SSSR count). The van der Waals surface area contributed by atoms with Crippen LogP contribution in [-0.4, -0.2) is 29.6 Å². The molecular formula is C25H30N2O7. The maximum atomic E-state index is 12.9. The number of amides is 1. The van der Waals surface area contributed by atoms with Crippen LogP contribution in [0.1, 0.15) is 61.7 Å². The van der Waals surface area contributed by atoms with Gasteiger partial charge < -0.3 is 19.5 Å². The first kappa shape index (κ1) is 25.2. The molecule has 0 saturated heterocycles. The van der Waals surface area contributed by atoms with Crippen molar-refractivity contribution in [3.63, 3.8) is 0 Å². The van der Waals surface area contributed by atoms with Gasteiger partial charge in [0, 0.05) is 28.8 Å². The van der Waals surface area contributed by atoms with Crippen molar-refractivity contribution in [1.29, 1.82) is 0 Å². The fraction of sp³-hybridized carbons (Fsp3) is 0.440. The third kappa shape index (κ3) is 5.91. The van der Waals surface area contributed by atoms with E-state index in [0.29, 0.717) is 22.4 Å². The first-order chi connectivity index (χ1) is 16.0. The quantitative estimate of drug-likeness (QED) is 0.365. The van der Waals surface area contributed by atoms with Crippen LogP contribution >= 0.6 is 0 Å². The van der Waals surface area contributed by atoms with Gasteiger partial charge in [-0.25, -0.2) is 4.79 Å². The van der Waals surface area contributed by atoms with E-state index in [2.05, 4.69) is 26.1 Å². The Morgan fingerprint density at radius 3 is 2.44 bits per heavy atom. The third-order valence-corrected chi connectivity index (χ3v) is 5.57. The molecule has 1 N–H and O–H groups in total. The van der Waals surface area contributed by atoms with E-state index in [9.17, 15) is 19.7 Å². The molecular weight excluding hydrogens is 440 g/mol. The van der Waals surface area contributed by atoms with Crippen molar-refractivity contribution in [2.45, 2.75) is 59.3 Å². The van der Waals surface area contributed by atoms with Crippen molar-refractivity contribution in [3.05, 3.63) is 68.8 Å². The fourth-order valence-corrected chi connectivity index (χ4v) is 3.58. The SMILES string of the molecule is CC(C)C(NC(=O)c1ccc(C(C)(C)C)cc1)C(=O)OCc1cc([N+](=O)[O-])cc2c1OCOC2. The number of rotatable bonds is 7. The predicted octanol–water partition coefficient (Wildman–Crippen LogP) is 4.26. The van der Waals surface area contributed by atoms with Crippen LogP contribution < -0.4 is 10.1 Å². The Kier molecular flexibility index (Phi) is 7.56. The minimum Gasteiger partial charge on any atom is -0.467 e. The number of esters is 1. The molecule has 0 fully saturated rings. The van der Waals surface area contributed by atoms with E-state index in [0.717, 1.165) is 5.56 Å². The van der Waals surface area contributed by atoms with E-state index in [1.807, 2.05) is 12.1 Å². The number of nitrogens with zero attached hydrogens (tertiary/aromatic N) is 1. The van der Waals surface area contributed by atoms with E-state index < -0.39 is 16.9 Å². The van der Waals surface area contributed by atoms with Crippen molar-refractivity contribution in [2.24, 2.45) is 5.92 Å². The average Bonchev–Trinajstić information content (AvgIpc) is 2.79. The van der Waals surface area contributed by atoms with E-state index in [1.165, 1.54) is 12.1 Å². The molecule has 2 aromatic rings. The lowest BCUT2D eigenvalue weighted by molar-refractivity contribution is -0.385. The number of ether oxygens (including phenoxy) is 3. The van der Waals surface area contributed by atoms with Crippen molar-refractivity contribution in [2.75, 3.05) is 6.79 Å². The van der Waals surface area contributed by atoms with Gasteiger partial charge in [0.1, 0.15) is 18.4 Å². The predicted molar refractivity (Wildman–Crippen MR) is 124 cm³/mol. The Morgan fingerprint density at radius 2 is 1.85 bits per heavy atom. The Balaban J connectivity index is 1.72. The second-order valence-corrected chi connectivity index (χ2v) is 9.59. The topological polar surface area (TPSA) is 117 Å². The number of carbonyl (C=O) groups is 2. The summed E-state index contributed by atoms with van der Waals surface area (Å²) in [5.41, 5.74) is 2.22. The number of non-ortho nitro benzene ring substituents is 1. The van der Waals surface area contributed by atoms with Crippen molar-refractivity contribution < 1.29 is 28.7 Å². The molecule has 1 heterocycles. The number of nitro groups is 1. The molecule has 0 aliphatic carbocycles. The second kappa shape index (κ2) is 10.2. The molecule has 1 unspecified atom stereocenters. The van der Waals surface area contributed by atoms with Gasteiger partial charge >= 0.3 is 5.97 Å². The molecule has 9 nitrogen and oxygen atoms in total. The van der Waals surface area contributed by atoms with Gasteiger partial charge in [0.25, 0.3) is 11.6 Å². The minimum atomic E-state index is -0.895.